The third kappa shape index (κ3) is 6.11. The number of nitrogens with one attached hydrogen (secondary N) is 2. The summed E-state index contributed by atoms with van der Waals surface area (Å²) in [5.41, 5.74) is 4.98. The number of benzene rings is 2. The highest BCUT2D eigenvalue weighted by Gasteiger charge is 2.34. The van der Waals surface area contributed by atoms with E-state index in [-0.39, 0.29) is 16.8 Å². The van der Waals surface area contributed by atoms with Crippen molar-refractivity contribution >= 4 is 69.1 Å². The molecule has 1 aliphatic rings. The van der Waals surface area contributed by atoms with Gasteiger partial charge in [-0.1, -0.05) is 41.6 Å². The van der Waals surface area contributed by atoms with Crippen LogP contribution in [0.25, 0.3) is 6.08 Å². The monoisotopic (exact) mass is 539 g/mol. The van der Waals surface area contributed by atoms with Crippen LogP contribution in [0.4, 0.5) is 5.69 Å². The minimum absolute atomic E-state index is 0.202. The first-order chi connectivity index (χ1) is 17.3. The minimum Gasteiger partial charge on any atom is -0.493 e. The third-order valence-corrected chi connectivity index (χ3v) is 7.10. The second-order valence-corrected chi connectivity index (χ2v) is 10.2. The van der Waals surface area contributed by atoms with Crippen LogP contribution in [0.1, 0.15) is 20.8 Å². The number of ether oxygens (including phenoxy) is 2. The number of carbonyl (C=O) groups is 3. The molecule has 1 aromatic heterocycles. The molecular weight excluding hydrogens is 518 g/mol. The number of thiophene rings is 1. The zero-order chi connectivity index (χ0) is 25.7. The van der Waals surface area contributed by atoms with E-state index < -0.39 is 11.8 Å². The number of nitrogens with zero attached hydrogens (tertiary/aromatic N) is 1. The van der Waals surface area contributed by atoms with Gasteiger partial charge in [-0.15, -0.1) is 11.3 Å². The molecule has 3 amide bonds. The zero-order valence-corrected chi connectivity index (χ0v) is 21.7. The number of thiocarbonyl (C=S) groups is 1. The van der Waals surface area contributed by atoms with E-state index in [1.165, 1.54) is 18.4 Å². The molecule has 1 saturated heterocycles. The van der Waals surface area contributed by atoms with Gasteiger partial charge in [0.1, 0.15) is 0 Å². The molecule has 11 heteroatoms. The van der Waals surface area contributed by atoms with Gasteiger partial charge in [0, 0.05) is 5.69 Å². The molecule has 0 aliphatic carbocycles. The lowest BCUT2D eigenvalue weighted by Crippen LogP contribution is -2.44. The first-order valence-electron chi connectivity index (χ1n) is 10.6. The van der Waals surface area contributed by atoms with E-state index in [2.05, 4.69) is 10.7 Å². The van der Waals surface area contributed by atoms with Crippen LogP contribution in [0.15, 0.2) is 64.9 Å². The first-order valence-corrected chi connectivity index (χ1v) is 12.7. The zero-order valence-electron chi connectivity index (χ0n) is 19.3. The number of aryl methyl sites for hydroxylation is 1. The Bertz CT molecular complexity index is 1340. The van der Waals surface area contributed by atoms with Crippen LogP contribution >= 0.6 is 35.3 Å². The van der Waals surface area contributed by atoms with Crippen molar-refractivity contribution in [3.8, 4) is 11.5 Å². The van der Waals surface area contributed by atoms with E-state index in [0.717, 1.165) is 22.3 Å². The Morgan fingerprint density at radius 2 is 1.89 bits per heavy atom. The molecule has 3 aromatic rings. The van der Waals surface area contributed by atoms with Crippen molar-refractivity contribution in [2.75, 3.05) is 19.0 Å². The molecule has 8 nitrogen and oxygen atoms in total. The van der Waals surface area contributed by atoms with Crippen LogP contribution in [0.5, 0.6) is 11.5 Å². The molecule has 0 unspecified atom stereocenters. The van der Waals surface area contributed by atoms with Crippen molar-refractivity contribution in [3.63, 3.8) is 0 Å². The Hall–Kier alpha value is -3.67. The highest BCUT2D eigenvalue weighted by molar-refractivity contribution is 8.26. The van der Waals surface area contributed by atoms with Crippen molar-refractivity contribution < 1.29 is 23.9 Å². The molecule has 0 radical (unpaired) electrons. The first kappa shape index (κ1) is 25.4. The SMILES string of the molecule is COc1cc(/C=C2/SC(=S)N(NC(=O)c3cccs3)C2=O)ccc1OCC(=O)Nc1ccc(C)cc1. The number of anilines is 1. The third-order valence-electron chi connectivity index (χ3n) is 4.93. The molecule has 2 aromatic carbocycles. The normalized spacial score (nSPS) is 14.2. The molecule has 2 heterocycles. The standard InChI is InChI=1S/C25H21N3O5S3/c1-15-5-8-17(9-6-15)26-22(29)14-33-18-10-7-16(12-19(18)32-2)13-21-24(31)28(25(34)36-21)27-23(30)20-4-3-11-35-20/h3-13H,14H2,1-2H3,(H,26,29)(H,27,30)/b21-13+. The van der Waals surface area contributed by atoms with Crippen molar-refractivity contribution in [2.45, 2.75) is 6.92 Å². The molecule has 36 heavy (non-hydrogen) atoms. The number of carbonyl (C=O) groups excluding carboxylic acids is 3. The van der Waals surface area contributed by atoms with Crippen molar-refractivity contribution in [2.24, 2.45) is 0 Å². The lowest BCUT2D eigenvalue weighted by atomic mass is 10.2. The summed E-state index contributed by atoms with van der Waals surface area (Å²) in [7, 11) is 1.48. The summed E-state index contributed by atoms with van der Waals surface area (Å²) < 4.78 is 11.3. The second kappa shape index (κ2) is 11.4. The van der Waals surface area contributed by atoms with Crippen LogP contribution < -0.4 is 20.2 Å². The number of hydrazine groups is 1. The highest BCUT2D eigenvalue weighted by atomic mass is 32.2. The maximum Gasteiger partial charge on any atom is 0.285 e. The molecular formula is C25H21N3O5S3. The van der Waals surface area contributed by atoms with Gasteiger partial charge in [-0.25, -0.2) is 0 Å². The summed E-state index contributed by atoms with van der Waals surface area (Å²) in [4.78, 5) is 38.2. The molecule has 0 spiro atoms. The maximum absolute atomic E-state index is 12.8. The Balaban J connectivity index is 1.40. The predicted molar refractivity (Wildman–Crippen MR) is 145 cm³/mol. The van der Waals surface area contributed by atoms with Gasteiger partial charge in [0.05, 0.1) is 16.9 Å². The van der Waals surface area contributed by atoms with Crippen LogP contribution in [0.2, 0.25) is 0 Å². The Morgan fingerprint density at radius 3 is 2.58 bits per heavy atom. The second-order valence-electron chi connectivity index (χ2n) is 7.55. The van der Waals surface area contributed by atoms with Gasteiger partial charge < -0.3 is 14.8 Å². The van der Waals surface area contributed by atoms with Gasteiger partial charge in [-0.3, -0.25) is 19.8 Å². The predicted octanol–water partition coefficient (Wildman–Crippen LogP) is 4.63. The largest absolute Gasteiger partial charge is 0.493 e. The summed E-state index contributed by atoms with van der Waals surface area (Å²) in [5, 5.41) is 5.61. The number of methoxy groups -OCH3 is 1. The topological polar surface area (TPSA) is 97.0 Å². The summed E-state index contributed by atoms with van der Waals surface area (Å²) in [6.45, 7) is 1.77. The molecule has 4 rings (SSSR count). The average Bonchev–Trinajstić information content (AvgIpc) is 3.49. The number of hydrogen-bond acceptors (Lipinski definition) is 8. The Kier molecular flexibility index (Phi) is 8.04. The number of thioether (sulfide) groups is 1. The molecule has 0 atom stereocenters. The summed E-state index contributed by atoms with van der Waals surface area (Å²) in [5.74, 6) is -0.366. The van der Waals surface area contributed by atoms with E-state index >= 15 is 0 Å². The highest BCUT2D eigenvalue weighted by Crippen LogP contribution is 2.34. The summed E-state index contributed by atoms with van der Waals surface area (Å²) in [6, 6.07) is 15.9. The average molecular weight is 540 g/mol. The fraction of sp³-hybridized carbons (Fsp3) is 0.120. The fourth-order valence-electron chi connectivity index (χ4n) is 3.15. The lowest BCUT2D eigenvalue weighted by molar-refractivity contribution is -0.123. The summed E-state index contributed by atoms with van der Waals surface area (Å²) >= 11 is 7.62. The molecule has 0 saturated carbocycles. The minimum atomic E-state index is -0.429. The van der Waals surface area contributed by atoms with E-state index in [0.29, 0.717) is 32.5 Å². The number of hydrogen-bond donors (Lipinski definition) is 2. The van der Waals surface area contributed by atoms with Gasteiger partial charge in [0.2, 0.25) is 0 Å². The van der Waals surface area contributed by atoms with Crippen molar-refractivity contribution in [1.82, 2.24) is 10.4 Å². The Labute approximate surface area is 221 Å². The van der Waals surface area contributed by atoms with Crippen LogP contribution in [-0.2, 0) is 9.59 Å². The van der Waals surface area contributed by atoms with E-state index in [9.17, 15) is 14.4 Å². The smallest absolute Gasteiger partial charge is 0.285 e. The molecule has 184 valence electrons. The van der Waals surface area contributed by atoms with Crippen LogP contribution in [0, 0.1) is 6.92 Å². The number of amides is 3. The molecule has 2 N–H and O–H groups in total. The quantitative estimate of drug-likeness (QED) is 0.318. The molecule has 1 aliphatic heterocycles. The Morgan fingerprint density at radius 1 is 1.11 bits per heavy atom. The van der Waals surface area contributed by atoms with Gasteiger partial charge in [-0.05, 0) is 66.5 Å². The van der Waals surface area contributed by atoms with Crippen LogP contribution in [0.3, 0.4) is 0 Å². The van der Waals surface area contributed by atoms with E-state index in [1.807, 2.05) is 31.2 Å². The summed E-state index contributed by atoms with van der Waals surface area (Å²) in [6.07, 6.45) is 1.65. The van der Waals surface area contributed by atoms with Gasteiger partial charge in [0.25, 0.3) is 17.7 Å². The van der Waals surface area contributed by atoms with Crippen molar-refractivity contribution in [1.29, 1.82) is 0 Å². The maximum atomic E-state index is 12.8. The van der Waals surface area contributed by atoms with Crippen LogP contribution in [-0.4, -0.2) is 40.8 Å². The van der Waals surface area contributed by atoms with E-state index in [4.69, 9.17) is 21.7 Å². The van der Waals surface area contributed by atoms with E-state index in [1.54, 1.807) is 41.8 Å². The van der Waals surface area contributed by atoms with Gasteiger partial charge in [0.15, 0.2) is 22.4 Å². The fourth-order valence-corrected chi connectivity index (χ4v) is 4.94. The number of rotatable bonds is 8. The van der Waals surface area contributed by atoms with Gasteiger partial charge in [-0.2, -0.15) is 5.01 Å². The molecule has 1 fully saturated rings. The van der Waals surface area contributed by atoms with Gasteiger partial charge >= 0.3 is 0 Å². The molecule has 0 bridgehead atoms. The van der Waals surface area contributed by atoms with Crippen molar-refractivity contribution in [3.05, 3.63) is 80.9 Å². The lowest BCUT2D eigenvalue weighted by Gasteiger charge is -2.14.